The zero-order valence-electron chi connectivity index (χ0n) is 13.7. The number of hydrogen-bond donors (Lipinski definition) is 2. The van der Waals surface area contributed by atoms with Crippen LogP contribution in [0.5, 0.6) is 5.75 Å². The van der Waals surface area contributed by atoms with Gasteiger partial charge in [0.25, 0.3) is 5.91 Å². The van der Waals surface area contributed by atoms with Crippen LogP contribution in [-0.2, 0) is 0 Å². The van der Waals surface area contributed by atoms with E-state index in [0.717, 1.165) is 5.69 Å². The summed E-state index contributed by atoms with van der Waals surface area (Å²) in [5.41, 5.74) is 1.25. The summed E-state index contributed by atoms with van der Waals surface area (Å²) in [6, 6.07) is 13.9. The van der Waals surface area contributed by atoms with Gasteiger partial charge in [0, 0.05) is 22.8 Å². The Morgan fingerprint density at radius 1 is 1.19 bits per heavy atom. The number of rotatable bonds is 7. The van der Waals surface area contributed by atoms with Gasteiger partial charge in [-0.3, -0.25) is 9.36 Å². The van der Waals surface area contributed by atoms with Crippen LogP contribution in [-0.4, -0.2) is 45.0 Å². The summed E-state index contributed by atoms with van der Waals surface area (Å²) in [5.74, 6) is 0.312. The number of aliphatic hydroxyl groups excluding tert-OH is 1. The fourth-order valence-corrected chi connectivity index (χ4v) is 2.36. The van der Waals surface area contributed by atoms with Crippen LogP contribution < -0.4 is 10.1 Å². The van der Waals surface area contributed by atoms with Gasteiger partial charge in [-0.05, 0) is 42.5 Å². The molecule has 0 bridgehead atoms. The molecular weight excluding hydrogens is 356 g/mol. The van der Waals surface area contributed by atoms with Crippen molar-refractivity contribution in [3.05, 3.63) is 71.8 Å². The number of amides is 1. The maximum absolute atomic E-state index is 12.3. The topological polar surface area (TPSA) is 89.3 Å². The Bertz CT molecular complexity index is 853. The SMILES string of the molecule is O=C(NC[C@@H](O)COc1ccc(Cl)cc1)c1cccc(-n2cnnc2)c1. The molecule has 1 atom stereocenters. The molecule has 2 aromatic carbocycles. The third-order valence-corrected chi connectivity index (χ3v) is 3.83. The van der Waals surface area contributed by atoms with Crippen LogP contribution >= 0.6 is 11.6 Å². The average Bonchev–Trinajstić information content (AvgIpc) is 3.20. The predicted molar refractivity (Wildman–Crippen MR) is 96.6 cm³/mol. The highest BCUT2D eigenvalue weighted by Crippen LogP contribution is 2.15. The minimum atomic E-state index is -0.837. The maximum Gasteiger partial charge on any atom is 0.251 e. The highest BCUT2D eigenvalue weighted by molar-refractivity contribution is 6.30. The molecule has 0 radical (unpaired) electrons. The van der Waals surface area contributed by atoms with E-state index in [4.69, 9.17) is 16.3 Å². The average molecular weight is 373 g/mol. The van der Waals surface area contributed by atoms with Gasteiger partial charge in [-0.15, -0.1) is 10.2 Å². The summed E-state index contributed by atoms with van der Waals surface area (Å²) in [6.07, 6.45) is 2.26. The van der Waals surface area contributed by atoms with Gasteiger partial charge < -0.3 is 15.2 Å². The molecule has 0 aliphatic heterocycles. The molecule has 0 aliphatic rings. The third kappa shape index (κ3) is 4.81. The van der Waals surface area contributed by atoms with Crippen LogP contribution in [0.25, 0.3) is 5.69 Å². The van der Waals surface area contributed by atoms with Crippen molar-refractivity contribution < 1.29 is 14.6 Å². The summed E-state index contributed by atoms with van der Waals surface area (Å²) >= 11 is 5.80. The number of nitrogens with zero attached hydrogens (tertiary/aromatic N) is 3. The van der Waals surface area contributed by atoms with Crippen molar-refractivity contribution in [2.45, 2.75) is 6.10 Å². The summed E-state index contributed by atoms with van der Waals surface area (Å²) in [7, 11) is 0. The van der Waals surface area contributed by atoms with Crippen molar-refractivity contribution >= 4 is 17.5 Å². The van der Waals surface area contributed by atoms with Gasteiger partial charge in [-0.2, -0.15) is 0 Å². The van der Waals surface area contributed by atoms with Crippen LogP contribution in [0.3, 0.4) is 0 Å². The van der Waals surface area contributed by atoms with Crippen molar-refractivity contribution in [2.75, 3.05) is 13.2 Å². The first-order valence-electron chi connectivity index (χ1n) is 7.91. The van der Waals surface area contributed by atoms with Crippen molar-refractivity contribution in [3.8, 4) is 11.4 Å². The number of ether oxygens (including phenoxy) is 1. The Morgan fingerprint density at radius 3 is 2.65 bits per heavy atom. The lowest BCUT2D eigenvalue weighted by Gasteiger charge is -2.13. The number of carbonyl (C=O) groups is 1. The Kier molecular flexibility index (Phi) is 5.83. The predicted octanol–water partition coefficient (Wildman–Crippen LogP) is 2.09. The van der Waals surface area contributed by atoms with E-state index in [0.29, 0.717) is 16.3 Å². The Labute approximate surface area is 155 Å². The van der Waals surface area contributed by atoms with E-state index in [-0.39, 0.29) is 19.1 Å². The molecule has 0 aliphatic carbocycles. The fraction of sp³-hybridized carbons (Fsp3) is 0.167. The molecule has 1 aromatic heterocycles. The van der Waals surface area contributed by atoms with E-state index in [9.17, 15) is 9.90 Å². The maximum atomic E-state index is 12.3. The van der Waals surface area contributed by atoms with Crippen LogP contribution in [0, 0.1) is 0 Å². The standard InChI is InChI=1S/C18H17ClN4O3/c19-14-4-6-17(7-5-14)26-10-16(24)9-20-18(25)13-2-1-3-15(8-13)23-11-21-22-12-23/h1-8,11-12,16,24H,9-10H2,(H,20,25)/t16-/m1/s1. The molecule has 0 spiro atoms. The number of aliphatic hydroxyl groups is 1. The number of hydrogen-bond acceptors (Lipinski definition) is 5. The fourth-order valence-electron chi connectivity index (χ4n) is 2.24. The summed E-state index contributed by atoms with van der Waals surface area (Å²) in [5, 5.41) is 20.8. The molecular formula is C18H17ClN4O3. The van der Waals surface area contributed by atoms with Gasteiger partial charge in [-0.25, -0.2) is 0 Å². The number of benzene rings is 2. The summed E-state index contributed by atoms with van der Waals surface area (Å²) < 4.78 is 7.15. The lowest BCUT2D eigenvalue weighted by Crippen LogP contribution is -2.35. The molecule has 1 heterocycles. The zero-order chi connectivity index (χ0) is 18.4. The molecule has 8 heteroatoms. The minimum absolute atomic E-state index is 0.0582. The van der Waals surface area contributed by atoms with Crippen LogP contribution in [0.1, 0.15) is 10.4 Å². The molecule has 3 rings (SSSR count). The molecule has 0 unspecified atom stereocenters. The van der Waals surface area contributed by atoms with Crippen LogP contribution in [0.15, 0.2) is 61.2 Å². The normalized spacial score (nSPS) is 11.8. The molecule has 26 heavy (non-hydrogen) atoms. The van der Waals surface area contributed by atoms with E-state index < -0.39 is 6.10 Å². The number of carbonyl (C=O) groups excluding carboxylic acids is 1. The monoisotopic (exact) mass is 372 g/mol. The Balaban J connectivity index is 1.50. The van der Waals surface area contributed by atoms with Gasteiger partial charge in [0.15, 0.2) is 0 Å². The molecule has 3 aromatic rings. The third-order valence-electron chi connectivity index (χ3n) is 3.58. The second kappa shape index (κ2) is 8.46. The number of halogens is 1. The molecule has 0 fully saturated rings. The van der Waals surface area contributed by atoms with E-state index in [2.05, 4.69) is 15.5 Å². The van der Waals surface area contributed by atoms with E-state index in [1.807, 2.05) is 6.07 Å². The molecule has 0 saturated carbocycles. The van der Waals surface area contributed by atoms with Crippen molar-refractivity contribution in [1.82, 2.24) is 20.1 Å². The summed E-state index contributed by atoms with van der Waals surface area (Å²) in [6.45, 7) is 0.131. The van der Waals surface area contributed by atoms with E-state index >= 15 is 0 Å². The van der Waals surface area contributed by atoms with Crippen LogP contribution in [0.2, 0.25) is 5.02 Å². The number of nitrogens with one attached hydrogen (secondary N) is 1. The van der Waals surface area contributed by atoms with Crippen molar-refractivity contribution in [2.24, 2.45) is 0 Å². The molecule has 1 amide bonds. The van der Waals surface area contributed by atoms with Crippen molar-refractivity contribution in [1.29, 1.82) is 0 Å². The number of aromatic nitrogens is 3. The van der Waals surface area contributed by atoms with E-state index in [1.165, 1.54) is 0 Å². The quantitative estimate of drug-likeness (QED) is 0.663. The first-order chi connectivity index (χ1) is 12.6. The highest BCUT2D eigenvalue weighted by atomic mass is 35.5. The first kappa shape index (κ1) is 17.9. The van der Waals surface area contributed by atoms with Gasteiger partial charge >= 0.3 is 0 Å². The van der Waals surface area contributed by atoms with E-state index in [1.54, 1.807) is 59.7 Å². The van der Waals surface area contributed by atoms with Crippen molar-refractivity contribution in [3.63, 3.8) is 0 Å². The molecule has 7 nitrogen and oxygen atoms in total. The Morgan fingerprint density at radius 2 is 1.92 bits per heavy atom. The zero-order valence-corrected chi connectivity index (χ0v) is 14.5. The second-order valence-electron chi connectivity index (χ2n) is 5.55. The minimum Gasteiger partial charge on any atom is -0.491 e. The largest absolute Gasteiger partial charge is 0.491 e. The Hall–Kier alpha value is -2.90. The van der Waals surface area contributed by atoms with Gasteiger partial charge in [-0.1, -0.05) is 17.7 Å². The first-order valence-corrected chi connectivity index (χ1v) is 8.29. The molecule has 0 saturated heterocycles. The molecule has 2 N–H and O–H groups in total. The van der Waals surface area contributed by atoms with Gasteiger partial charge in [0.05, 0.1) is 0 Å². The highest BCUT2D eigenvalue weighted by Gasteiger charge is 2.11. The summed E-state index contributed by atoms with van der Waals surface area (Å²) in [4.78, 5) is 12.3. The van der Waals surface area contributed by atoms with Gasteiger partial charge in [0.1, 0.15) is 31.1 Å². The smallest absolute Gasteiger partial charge is 0.251 e. The van der Waals surface area contributed by atoms with Gasteiger partial charge in [0.2, 0.25) is 0 Å². The lowest BCUT2D eigenvalue weighted by atomic mass is 10.2. The second-order valence-corrected chi connectivity index (χ2v) is 5.98. The lowest BCUT2D eigenvalue weighted by molar-refractivity contribution is 0.0843. The van der Waals surface area contributed by atoms with Crippen LogP contribution in [0.4, 0.5) is 0 Å². The molecule has 134 valence electrons.